The van der Waals surface area contributed by atoms with Gasteiger partial charge in [-0.3, -0.25) is 4.79 Å². The second-order valence-electron chi connectivity index (χ2n) is 5.57. The Labute approximate surface area is 159 Å². The lowest BCUT2D eigenvalue weighted by Gasteiger charge is -2.17. The Morgan fingerprint density at radius 1 is 1.15 bits per heavy atom. The Kier molecular flexibility index (Phi) is 5.54. The molecule has 0 aromatic heterocycles. The number of hydrogen-bond donors (Lipinski definition) is 1. The highest BCUT2D eigenvalue weighted by molar-refractivity contribution is 6.35. The molecule has 1 atom stereocenters. The van der Waals surface area contributed by atoms with E-state index in [1.54, 1.807) is 24.3 Å². The highest BCUT2D eigenvalue weighted by atomic mass is 35.5. The van der Waals surface area contributed by atoms with Crippen LogP contribution >= 0.6 is 23.2 Å². The van der Waals surface area contributed by atoms with Gasteiger partial charge < -0.3 is 19.5 Å². The Hall–Kier alpha value is -2.44. The van der Waals surface area contributed by atoms with Gasteiger partial charge in [-0.05, 0) is 35.9 Å². The Bertz CT molecular complexity index is 855. The van der Waals surface area contributed by atoms with Crippen molar-refractivity contribution in [1.82, 2.24) is 5.32 Å². The second kappa shape index (κ2) is 7.85. The van der Waals surface area contributed by atoms with Crippen molar-refractivity contribution in [2.24, 2.45) is 0 Å². The normalized spacial score (nSPS) is 13.2. The van der Waals surface area contributed by atoms with Crippen molar-refractivity contribution in [2.75, 3.05) is 13.9 Å². The van der Waals surface area contributed by atoms with Crippen LogP contribution in [0.3, 0.4) is 0 Å². The van der Waals surface area contributed by atoms with Crippen molar-refractivity contribution in [3.63, 3.8) is 0 Å². The van der Waals surface area contributed by atoms with Gasteiger partial charge in [-0.25, -0.2) is 4.79 Å². The van der Waals surface area contributed by atoms with Crippen molar-refractivity contribution in [2.45, 2.75) is 12.5 Å². The van der Waals surface area contributed by atoms with Crippen molar-refractivity contribution >= 4 is 35.1 Å². The number of rotatable bonds is 5. The van der Waals surface area contributed by atoms with Crippen molar-refractivity contribution in [1.29, 1.82) is 0 Å². The summed E-state index contributed by atoms with van der Waals surface area (Å²) in [6.07, 6.45) is 0.216. The van der Waals surface area contributed by atoms with Crippen LogP contribution in [0.4, 0.5) is 0 Å². The molecule has 6 nitrogen and oxygen atoms in total. The average Bonchev–Trinajstić information content (AvgIpc) is 3.10. The molecule has 8 heteroatoms. The number of fused-ring (bicyclic) bond motifs is 1. The molecule has 2 aromatic rings. The highest BCUT2D eigenvalue weighted by Crippen LogP contribution is 2.32. The van der Waals surface area contributed by atoms with Gasteiger partial charge in [-0.2, -0.15) is 0 Å². The van der Waals surface area contributed by atoms with Crippen molar-refractivity contribution in [3.8, 4) is 11.5 Å². The zero-order valence-electron chi connectivity index (χ0n) is 13.8. The van der Waals surface area contributed by atoms with E-state index in [4.69, 9.17) is 37.4 Å². The van der Waals surface area contributed by atoms with Gasteiger partial charge in [0, 0.05) is 11.4 Å². The van der Waals surface area contributed by atoms with E-state index in [-0.39, 0.29) is 23.8 Å². The van der Waals surface area contributed by atoms with Crippen LogP contribution in [0.5, 0.6) is 11.5 Å². The van der Waals surface area contributed by atoms with E-state index in [0.29, 0.717) is 16.5 Å². The summed E-state index contributed by atoms with van der Waals surface area (Å²) < 4.78 is 15.4. The minimum absolute atomic E-state index is 0.156. The molecule has 136 valence electrons. The molecule has 1 amide bonds. The number of halogens is 2. The minimum atomic E-state index is -0.900. The third-order valence-electron chi connectivity index (χ3n) is 3.84. The summed E-state index contributed by atoms with van der Waals surface area (Å²) >= 11 is 12.0. The smallest absolute Gasteiger partial charge is 0.328 e. The maximum Gasteiger partial charge on any atom is 0.328 e. The number of hydrogen-bond acceptors (Lipinski definition) is 5. The zero-order valence-corrected chi connectivity index (χ0v) is 15.3. The summed E-state index contributed by atoms with van der Waals surface area (Å²) in [6, 6.07) is 8.94. The summed E-state index contributed by atoms with van der Waals surface area (Å²) in [6.45, 7) is 0.156. The van der Waals surface area contributed by atoms with Gasteiger partial charge in [0.2, 0.25) is 6.79 Å². The maximum absolute atomic E-state index is 12.5. The fourth-order valence-corrected chi connectivity index (χ4v) is 2.92. The predicted octanol–water partition coefficient (Wildman–Crippen LogP) is 3.24. The molecular weight excluding hydrogens is 381 g/mol. The molecule has 1 aliphatic heterocycles. The van der Waals surface area contributed by atoms with Gasteiger partial charge in [0.05, 0.1) is 17.7 Å². The summed E-state index contributed by atoms with van der Waals surface area (Å²) in [5.41, 5.74) is 0.959. The van der Waals surface area contributed by atoms with Crippen LogP contribution in [-0.2, 0) is 16.0 Å². The molecule has 0 unspecified atom stereocenters. The zero-order chi connectivity index (χ0) is 18.7. The highest BCUT2D eigenvalue weighted by Gasteiger charge is 2.25. The van der Waals surface area contributed by atoms with Crippen LogP contribution in [-0.4, -0.2) is 31.8 Å². The molecule has 1 heterocycles. The van der Waals surface area contributed by atoms with E-state index in [2.05, 4.69) is 5.32 Å². The molecule has 0 spiro atoms. The molecule has 0 bridgehead atoms. The van der Waals surface area contributed by atoms with Crippen LogP contribution < -0.4 is 14.8 Å². The lowest BCUT2D eigenvalue weighted by Crippen LogP contribution is -2.43. The summed E-state index contributed by atoms with van der Waals surface area (Å²) in [5.74, 6) is 0.135. The van der Waals surface area contributed by atoms with Crippen molar-refractivity contribution in [3.05, 3.63) is 57.6 Å². The number of carbonyl (C=O) groups excluding carboxylic acids is 2. The predicted molar refractivity (Wildman–Crippen MR) is 96.0 cm³/mol. The standard InChI is InChI=1S/C18H15Cl2NO5/c1-24-18(23)14(6-10-2-5-15-16(7-10)26-9-25-15)21-17(22)12-8-11(19)3-4-13(12)20/h2-5,7-8,14H,6,9H2,1H3,(H,21,22)/t14-/m0/s1. The molecule has 26 heavy (non-hydrogen) atoms. The van der Waals surface area contributed by atoms with Crippen LogP contribution in [0, 0.1) is 0 Å². The Balaban J connectivity index is 1.79. The molecule has 0 fully saturated rings. The van der Waals surface area contributed by atoms with Gasteiger partial charge >= 0.3 is 5.97 Å². The van der Waals surface area contributed by atoms with Gasteiger partial charge in [-0.1, -0.05) is 29.3 Å². The molecule has 1 N–H and O–H groups in total. The first kappa shape index (κ1) is 18.4. The number of benzene rings is 2. The van der Waals surface area contributed by atoms with E-state index in [9.17, 15) is 9.59 Å². The number of carbonyl (C=O) groups is 2. The largest absolute Gasteiger partial charge is 0.467 e. The minimum Gasteiger partial charge on any atom is -0.467 e. The molecule has 1 aliphatic rings. The second-order valence-corrected chi connectivity index (χ2v) is 6.41. The number of methoxy groups -OCH3 is 1. The van der Waals surface area contributed by atoms with Crippen LogP contribution in [0.15, 0.2) is 36.4 Å². The monoisotopic (exact) mass is 395 g/mol. The van der Waals surface area contributed by atoms with E-state index in [0.717, 1.165) is 5.56 Å². The first-order chi connectivity index (χ1) is 12.5. The topological polar surface area (TPSA) is 73.9 Å². The van der Waals surface area contributed by atoms with E-state index in [1.807, 2.05) is 0 Å². The van der Waals surface area contributed by atoms with E-state index >= 15 is 0 Å². The van der Waals surface area contributed by atoms with Gasteiger partial charge in [0.1, 0.15) is 6.04 Å². The molecule has 0 saturated heterocycles. The number of ether oxygens (including phenoxy) is 3. The van der Waals surface area contributed by atoms with Crippen LogP contribution in [0.25, 0.3) is 0 Å². The fraction of sp³-hybridized carbons (Fsp3) is 0.222. The lowest BCUT2D eigenvalue weighted by molar-refractivity contribution is -0.142. The Morgan fingerprint density at radius 3 is 2.69 bits per heavy atom. The maximum atomic E-state index is 12.5. The molecule has 0 radical (unpaired) electrons. The van der Waals surface area contributed by atoms with Gasteiger partial charge in [0.25, 0.3) is 5.91 Å². The quantitative estimate of drug-likeness (QED) is 0.786. The van der Waals surface area contributed by atoms with E-state index in [1.165, 1.54) is 19.2 Å². The molecular formula is C18H15Cl2NO5. The van der Waals surface area contributed by atoms with E-state index < -0.39 is 17.9 Å². The molecule has 2 aromatic carbocycles. The molecule has 0 aliphatic carbocycles. The number of esters is 1. The summed E-state index contributed by atoms with van der Waals surface area (Å²) in [4.78, 5) is 24.6. The molecule has 0 saturated carbocycles. The summed E-state index contributed by atoms with van der Waals surface area (Å²) in [7, 11) is 1.26. The average molecular weight is 396 g/mol. The number of nitrogens with one attached hydrogen (secondary N) is 1. The summed E-state index contributed by atoms with van der Waals surface area (Å²) in [5, 5.41) is 3.24. The Morgan fingerprint density at radius 2 is 1.92 bits per heavy atom. The fourth-order valence-electron chi connectivity index (χ4n) is 2.55. The third kappa shape index (κ3) is 4.03. The lowest BCUT2D eigenvalue weighted by atomic mass is 10.0. The molecule has 3 rings (SSSR count). The third-order valence-corrected chi connectivity index (χ3v) is 4.41. The van der Waals surface area contributed by atoms with Gasteiger partial charge in [-0.15, -0.1) is 0 Å². The van der Waals surface area contributed by atoms with Crippen LogP contribution in [0.2, 0.25) is 10.0 Å². The van der Waals surface area contributed by atoms with Crippen LogP contribution in [0.1, 0.15) is 15.9 Å². The SMILES string of the molecule is COC(=O)[C@H](Cc1ccc2c(c1)OCO2)NC(=O)c1cc(Cl)ccc1Cl. The first-order valence-electron chi connectivity index (χ1n) is 7.70. The van der Waals surface area contributed by atoms with Gasteiger partial charge in [0.15, 0.2) is 11.5 Å². The van der Waals surface area contributed by atoms with Crippen molar-refractivity contribution < 1.29 is 23.8 Å². The number of amides is 1. The first-order valence-corrected chi connectivity index (χ1v) is 8.46.